The number of hydrogen-bond donors (Lipinski definition) is 2. The normalized spacial score (nSPS) is 16.4. The summed E-state index contributed by atoms with van der Waals surface area (Å²) in [6.45, 7) is 6.61. The Kier molecular flexibility index (Phi) is 5.56. The van der Waals surface area contributed by atoms with Gasteiger partial charge in [0.2, 0.25) is 0 Å². The van der Waals surface area contributed by atoms with Crippen molar-refractivity contribution < 1.29 is 14.6 Å². The zero-order valence-electron chi connectivity index (χ0n) is 16.4. The van der Waals surface area contributed by atoms with Crippen LogP contribution in [0.4, 0.5) is 0 Å². The zero-order chi connectivity index (χ0) is 19.5. The second-order valence-electron chi connectivity index (χ2n) is 8.40. The molecular formula is C23H29NO3. The largest absolute Gasteiger partial charge is 0.484 e. The number of aliphatic hydroxyl groups is 1. The van der Waals surface area contributed by atoms with E-state index in [1.807, 2.05) is 54.6 Å². The van der Waals surface area contributed by atoms with Crippen LogP contribution in [0.25, 0.3) is 0 Å². The maximum absolute atomic E-state index is 12.2. The number of ether oxygens (including phenoxy) is 1. The molecule has 1 saturated carbocycles. The number of amides is 1. The molecule has 1 amide bonds. The maximum Gasteiger partial charge on any atom is 0.258 e. The molecule has 2 N–H and O–H groups in total. The van der Waals surface area contributed by atoms with Crippen LogP contribution in [0, 0.1) is 5.92 Å². The van der Waals surface area contributed by atoms with Gasteiger partial charge in [-0.2, -0.15) is 0 Å². The summed E-state index contributed by atoms with van der Waals surface area (Å²) in [4.78, 5) is 12.2. The molecule has 0 aliphatic heterocycles. The smallest absolute Gasteiger partial charge is 0.258 e. The van der Waals surface area contributed by atoms with Crippen molar-refractivity contribution in [2.75, 3.05) is 13.2 Å². The van der Waals surface area contributed by atoms with Crippen molar-refractivity contribution in [3.8, 4) is 5.75 Å². The van der Waals surface area contributed by atoms with Crippen LogP contribution in [0.1, 0.15) is 44.7 Å². The minimum absolute atomic E-state index is 0.0651. The van der Waals surface area contributed by atoms with E-state index in [0.29, 0.717) is 5.75 Å². The average Bonchev–Trinajstić information content (AvgIpc) is 3.50. The van der Waals surface area contributed by atoms with Crippen LogP contribution in [0.15, 0.2) is 54.6 Å². The van der Waals surface area contributed by atoms with E-state index >= 15 is 0 Å². The van der Waals surface area contributed by atoms with Crippen molar-refractivity contribution >= 4 is 5.91 Å². The summed E-state index contributed by atoms with van der Waals surface area (Å²) in [7, 11) is 0. The van der Waals surface area contributed by atoms with Crippen molar-refractivity contribution in [1.29, 1.82) is 0 Å². The molecule has 0 radical (unpaired) electrons. The number of hydrogen-bond acceptors (Lipinski definition) is 3. The first kappa shape index (κ1) is 19.4. The molecule has 0 bridgehead atoms. The Bertz CT molecular complexity index is 760. The van der Waals surface area contributed by atoms with E-state index in [9.17, 15) is 9.90 Å². The van der Waals surface area contributed by atoms with Crippen LogP contribution in [0.5, 0.6) is 5.75 Å². The Morgan fingerprint density at radius 1 is 1.04 bits per heavy atom. The van der Waals surface area contributed by atoms with Crippen molar-refractivity contribution in [3.05, 3.63) is 65.7 Å². The topological polar surface area (TPSA) is 58.6 Å². The molecule has 2 aromatic rings. The average molecular weight is 367 g/mol. The molecule has 1 fully saturated rings. The van der Waals surface area contributed by atoms with Crippen molar-refractivity contribution in [2.45, 2.75) is 44.6 Å². The SMILES string of the molecule is CC(C)(C)c1ccc(OCC(=O)NCC(O)(c2ccccc2)C2CC2)cc1. The molecule has 4 heteroatoms. The fourth-order valence-electron chi connectivity index (χ4n) is 3.25. The predicted octanol–water partition coefficient (Wildman–Crippen LogP) is 3.78. The van der Waals surface area contributed by atoms with Crippen LogP contribution >= 0.6 is 0 Å². The van der Waals surface area contributed by atoms with Gasteiger partial charge in [0.05, 0.1) is 6.54 Å². The fourth-order valence-corrected chi connectivity index (χ4v) is 3.25. The lowest BCUT2D eigenvalue weighted by atomic mass is 9.87. The van der Waals surface area contributed by atoms with Gasteiger partial charge in [0, 0.05) is 0 Å². The number of carbonyl (C=O) groups excluding carboxylic acids is 1. The van der Waals surface area contributed by atoms with E-state index in [4.69, 9.17) is 4.74 Å². The highest BCUT2D eigenvalue weighted by molar-refractivity contribution is 5.77. The Hall–Kier alpha value is -2.33. The van der Waals surface area contributed by atoms with E-state index in [0.717, 1.165) is 18.4 Å². The molecule has 0 spiro atoms. The lowest BCUT2D eigenvalue weighted by Gasteiger charge is -2.29. The molecule has 1 atom stereocenters. The molecule has 0 saturated heterocycles. The molecule has 1 aliphatic rings. The van der Waals surface area contributed by atoms with E-state index in [1.165, 1.54) is 5.56 Å². The third-order valence-electron chi connectivity index (χ3n) is 5.17. The van der Waals surface area contributed by atoms with Gasteiger partial charge in [-0.05, 0) is 47.4 Å². The van der Waals surface area contributed by atoms with Gasteiger partial charge in [-0.1, -0.05) is 63.2 Å². The van der Waals surface area contributed by atoms with E-state index < -0.39 is 5.60 Å². The van der Waals surface area contributed by atoms with Gasteiger partial charge in [-0.15, -0.1) is 0 Å². The maximum atomic E-state index is 12.2. The highest BCUT2D eigenvalue weighted by Gasteiger charge is 2.45. The molecule has 1 aliphatic carbocycles. The molecular weight excluding hydrogens is 338 g/mol. The number of carbonyl (C=O) groups is 1. The Balaban J connectivity index is 1.53. The Morgan fingerprint density at radius 2 is 1.67 bits per heavy atom. The van der Waals surface area contributed by atoms with Crippen LogP contribution in [-0.2, 0) is 15.8 Å². The predicted molar refractivity (Wildman–Crippen MR) is 107 cm³/mol. The zero-order valence-corrected chi connectivity index (χ0v) is 16.4. The minimum atomic E-state index is -1.01. The molecule has 4 nitrogen and oxygen atoms in total. The lowest BCUT2D eigenvalue weighted by Crippen LogP contribution is -2.43. The van der Waals surface area contributed by atoms with Crippen molar-refractivity contribution in [3.63, 3.8) is 0 Å². The van der Waals surface area contributed by atoms with E-state index in [1.54, 1.807) is 0 Å². The first-order valence-corrected chi connectivity index (χ1v) is 9.57. The van der Waals surface area contributed by atoms with Gasteiger partial charge in [-0.25, -0.2) is 0 Å². The summed E-state index contributed by atoms with van der Waals surface area (Å²) in [5, 5.41) is 13.9. The van der Waals surface area contributed by atoms with E-state index in [-0.39, 0.29) is 30.4 Å². The van der Waals surface area contributed by atoms with Gasteiger partial charge in [0.15, 0.2) is 6.61 Å². The Labute approximate surface area is 161 Å². The molecule has 2 aromatic carbocycles. The number of nitrogens with one attached hydrogen (secondary N) is 1. The summed E-state index contributed by atoms with van der Waals surface area (Å²) in [6.07, 6.45) is 1.97. The summed E-state index contributed by atoms with van der Waals surface area (Å²) in [6, 6.07) is 17.4. The number of benzene rings is 2. The van der Waals surface area contributed by atoms with Gasteiger partial charge < -0.3 is 15.2 Å². The molecule has 0 aromatic heterocycles. The quantitative estimate of drug-likeness (QED) is 0.783. The standard InChI is InChI=1S/C23H29NO3/c1-22(2,3)17-11-13-20(14-12-17)27-15-21(25)24-16-23(26,19-9-10-19)18-7-5-4-6-8-18/h4-8,11-14,19,26H,9-10,15-16H2,1-3H3,(H,24,25). The molecule has 0 heterocycles. The minimum Gasteiger partial charge on any atom is -0.484 e. The van der Waals surface area contributed by atoms with Gasteiger partial charge >= 0.3 is 0 Å². The second kappa shape index (κ2) is 7.73. The van der Waals surface area contributed by atoms with Crippen LogP contribution in [0.3, 0.4) is 0 Å². The lowest BCUT2D eigenvalue weighted by molar-refractivity contribution is -0.124. The highest BCUT2D eigenvalue weighted by Crippen LogP contribution is 2.45. The summed E-state index contributed by atoms with van der Waals surface area (Å²) in [5.74, 6) is 0.634. The Morgan fingerprint density at radius 3 is 2.22 bits per heavy atom. The third-order valence-corrected chi connectivity index (χ3v) is 5.17. The monoisotopic (exact) mass is 367 g/mol. The summed E-state index contributed by atoms with van der Waals surface area (Å²) >= 11 is 0. The van der Waals surface area contributed by atoms with Gasteiger partial charge in [0.1, 0.15) is 11.4 Å². The first-order chi connectivity index (χ1) is 12.8. The van der Waals surface area contributed by atoms with Crippen LogP contribution in [-0.4, -0.2) is 24.2 Å². The van der Waals surface area contributed by atoms with Gasteiger partial charge in [0.25, 0.3) is 5.91 Å². The van der Waals surface area contributed by atoms with E-state index in [2.05, 4.69) is 26.1 Å². The first-order valence-electron chi connectivity index (χ1n) is 9.57. The summed E-state index contributed by atoms with van der Waals surface area (Å²) in [5.41, 5.74) is 1.15. The van der Waals surface area contributed by atoms with Crippen LogP contribution < -0.4 is 10.1 Å². The molecule has 1 unspecified atom stereocenters. The third kappa shape index (κ3) is 4.89. The van der Waals surface area contributed by atoms with Crippen LogP contribution in [0.2, 0.25) is 0 Å². The molecule has 3 rings (SSSR count). The van der Waals surface area contributed by atoms with Crippen molar-refractivity contribution in [1.82, 2.24) is 5.32 Å². The van der Waals surface area contributed by atoms with Crippen molar-refractivity contribution in [2.24, 2.45) is 5.92 Å². The summed E-state index contributed by atoms with van der Waals surface area (Å²) < 4.78 is 5.59. The molecule has 27 heavy (non-hydrogen) atoms. The highest BCUT2D eigenvalue weighted by atomic mass is 16.5. The molecule has 144 valence electrons. The number of rotatable bonds is 7. The fraction of sp³-hybridized carbons (Fsp3) is 0.435. The van der Waals surface area contributed by atoms with Gasteiger partial charge in [-0.3, -0.25) is 4.79 Å². The second-order valence-corrected chi connectivity index (χ2v) is 8.40.